The van der Waals surface area contributed by atoms with Gasteiger partial charge in [0, 0.05) is 19.5 Å². The number of carbonyl (C=O) groups is 2. The number of amides is 2. The SMILES string of the molecule is NCC1NC(=O)CCNC1=O. The van der Waals surface area contributed by atoms with Crippen molar-refractivity contribution in [3.63, 3.8) is 0 Å². The molecule has 1 fully saturated rings. The van der Waals surface area contributed by atoms with Crippen molar-refractivity contribution in [3.8, 4) is 0 Å². The van der Waals surface area contributed by atoms with Crippen LogP contribution in [0.4, 0.5) is 0 Å². The Hall–Kier alpha value is -1.10. The van der Waals surface area contributed by atoms with E-state index in [1.807, 2.05) is 0 Å². The van der Waals surface area contributed by atoms with E-state index in [-0.39, 0.29) is 18.4 Å². The molecular weight excluding hydrogens is 146 g/mol. The number of nitrogens with two attached hydrogens (primary N) is 1. The van der Waals surface area contributed by atoms with E-state index in [1.165, 1.54) is 0 Å². The van der Waals surface area contributed by atoms with Crippen LogP contribution in [0.5, 0.6) is 0 Å². The first-order valence-corrected chi connectivity index (χ1v) is 3.51. The highest BCUT2D eigenvalue weighted by molar-refractivity contribution is 5.89. The van der Waals surface area contributed by atoms with Crippen molar-refractivity contribution in [1.82, 2.24) is 10.6 Å². The molecule has 0 saturated carbocycles. The molecule has 0 spiro atoms. The maximum atomic E-state index is 11.0. The Morgan fingerprint density at radius 3 is 2.91 bits per heavy atom. The Balaban J connectivity index is 2.59. The lowest BCUT2D eigenvalue weighted by atomic mass is 10.3. The van der Waals surface area contributed by atoms with Crippen molar-refractivity contribution in [2.45, 2.75) is 12.5 Å². The molecule has 0 aromatic rings. The molecule has 5 heteroatoms. The highest BCUT2D eigenvalue weighted by Crippen LogP contribution is 1.89. The van der Waals surface area contributed by atoms with Crippen LogP contribution >= 0.6 is 0 Å². The van der Waals surface area contributed by atoms with E-state index in [0.29, 0.717) is 13.0 Å². The fourth-order valence-electron chi connectivity index (χ4n) is 0.920. The second-order valence-electron chi connectivity index (χ2n) is 2.40. The molecule has 1 saturated heterocycles. The summed E-state index contributed by atoms with van der Waals surface area (Å²) in [5.41, 5.74) is 5.25. The van der Waals surface area contributed by atoms with Crippen molar-refractivity contribution >= 4 is 11.8 Å². The van der Waals surface area contributed by atoms with Gasteiger partial charge in [-0.15, -0.1) is 0 Å². The van der Waals surface area contributed by atoms with Crippen LogP contribution in [0, 0.1) is 0 Å². The van der Waals surface area contributed by atoms with Gasteiger partial charge in [0.15, 0.2) is 0 Å². The Bertz CT molecular complexity index is 181. The van der Waals surface area contributed by atoms with Gasteiger partial charge in [-0.3, -0.25) is 9.59 Å². The van der Waals surface area contributed by atoms with Crippen molar-refractivity contribution in [1.29, 1.82) is 0 Å². The van der Waals surface area contributed by atoms with Crippen LogP contribution < -0.4 is 16.4 Å². The monoisotopic (exact) mass is 157 g/mol. The number of carbonyl (C=O) groups excluding carboxylic acids is 2. The third-order valence-corrected chi connectivity index (χ3v) is 1.54. The average Bonchev–Trinajstić information content (AvgIpc) is 2.13. The van der Waals surface area contributed by atoms with E-state index >= 15 is 0 Å². The summed E-state index contributed by atoms with van der Waals surface area (Å²) < 4.78 is 0. The average molecular weight is 157 g/mol. The first-order valence-electron chi connectivity index (χ1n) is 3.51. The van der Waals surface area contributed by atoms with Gasteiger partial charge in [0.25, 0.3) is 0 Å². The number of rotatable bonds is 1. The molecule has 1 rings (SSSR count). The molecule has 0 aromatic carbocycles. The van der Waals surface area contributed by atoms with Crippen LogP contribution in [0.3, 0.4) is 0 Å². The quantitative estimate of drug-likeness (QED) is 0.409. The Morgan fingerprint density at radius 2 is 2.27 bits per heavy atom. The summed E-state index contributed by atoms with van der Waals surface area (Å²) in [5.74, 6) is -0.322. The van der Waals surface area contributed by atoms with Crippen LogP contribution in [0.1, 0.15) is 6.42 Å². The molecule has 0 radical (unpaired) electrons. The zero-order chi connectivity index (χ0) is 8.27. The lowest BCUT2D eigenvalue weighted by molar-refractivity contribution is -0.126. The molecule has 0 bridgehead atoms. The molecule has 0 aliphatic carbocycles. The topological polar surface area (TPSA) is 84.2 Å². The minimum atomic E-state index is -0.551. The first-order chi connectivity index (χ1) is 5.24. The fraction of sp³-hybridized carbons (Fsp3) is 0.667. The molecule has 11 heavy (non-hydrogen) atoms. The molecule has 1 heterocycles. The molecule has 1 atom stereocenters. The fourth-order valence-corrected chi connectivity index (χ4v) is 0.920. The predicted molar refractivity (Wildman–Crippen MR) is 38.6 cm³/mol. The maximum Gasteiger partial charge on any atom is 0.243 e. The molecule has 1 unspecified atom stereocenters. The lowest BCUT2D eigenvalue weighted by Gasteiger charge is -2.10. The van der Waals surface area contributed by atoms with E-state index in [1.54, 1.807) is 0 Å². The second kappa shape index (κ2) is 3.34. The summed E-state index contributed by atoms with van der Waals surface area (Å²) in [4.78, 5) is 21.8. The standard InChI is InChI=1S/C6H11N3O2/c7-3-4-6(11)8-2-1-5(10)9-4/h4H,1-3,7H2,(H,8,11)(H,9,10). The van der Waals surface area contributed by atoms with Crippen LogP contribution in [-0.4, -0.2) is 30.9 Å². The number of hydrogen-bond acceptors (Lipinski definition) is 3. The van der Waals surface area contributed by atoms with Gasteiger partial charge in [-0.25, -0.2) is 0 Å². The van der Waals surface area contributed by atoms with Gasteiger partial charge >= 0.3 is 0 Å². The smallest absolute Gasteiger partial charge is 0.243 e. The second-order valence-corrected chi connectivity index (χ2v) is 2.40. The van der Waals surface area contributed by atoms with Gasteiger partial charge in [-0.05, 0) is 0 Å². The summed E-state index contributed by atoms with van der Waals surface area (Å²) in [6, 6.07) is -0.551. The summed E-state index contributed by atoms with van der Waals surface area (Å²) in [5, 5.41) is 5.08. The Labute approximate surface area is 64.3 Å². The summed E-state index contributed by atoms with van der Waals surface area (Å²) >= 11 is 0. The van der Waals surface area contributed by atoms with Crippen molar-refractivity contribution < 1.29 is 9.59 Å². The van der Waals surface area contributed by atoms with Crippen LogP contribution in [-0.2, 0) is 9.59 Å². The van der Waals surface area contributed by atoms with Gasteiger partial charge in [0.2, 0.25) is 11.8 Å². The maximum absolute atomic E-state index is 11.0. The van der Waals surface area contributed by atoms with Gasteiger partial charge < -0.3 is 16.4 Å². The third-order valence-electron chi connectivity index (χ3n) is 1.54. The molecular formula is C6H11N3O2. The summed E-state index contributed by atoms with van der Waals surface area (Å²) in [6.45, 7) is 0.554. The normalized spacial score (nSPS) is 25.4. The van der Waals surface area contributed by atoms with Gasteiger partial charge in [-0.1, -0.05) is 0 Å². The van der Waals surface area contributed by atoms with E-state index in [4.69, 9.17) is 5.73 Å². The summed E-state index contributed by atoms with van der Waals surface area (Å²) in [6.07, 6.45) is 0.336. The predicted octanol–water partition coefficient (Wildman–Crippen LogP) is -2.05. The molecule has 0 aromatic heterocycles. The first kappa shape index (κ1) is 8.00. The van der Waals surface area contributed by atoms with Crippen molar-refractivity contribution in [2.75, 3.05) is 13.1 Å². The summed E-state index contributed by atoms with van der Waals surface area (Å²) in [7, 11) is 0. The van der Waals surface area contributed by atoms with Crippen LogP contribution in [0.2, 0.25) is 0 Å². The lowest BCUT2D eigenvalue weighted by Crippen LogP contribution is -2.47. The third kappa shape index (κ3) is 1.91. The van der Waals surface area contributed by atoms with Crippen LogP contribution in [0.15, 0.2) is 0 Å². The van der Waals surface area contributed by atoms with Gasteiger partial charge in [0.1, 0.15) is 6.04 Å². The molecule has 1 aliphatic rings. The highest BCUT2D eigenvalue weighted by atomic mass is 16.2. The van der Waals surface area contributed by atoms with Gasteiger partial charge in [-0.2, -0.15) is 0 Å². The zero-order valence-electron chi connectivity index (χ0n) is 6.09. The zero-order valence-corrected chi connectivity index (χ0v) is 6.09. The molecule has 2 amide bonds. The van der Waals surface area contributed by atoms with E-state index in [0.717, 1.165) is 0 Å². The minimum absolute atomic E-state index is 0.126. The van der Waals surface area contributed by atoms with Gasteiger partial charge in [0.05, 0.1) is 0 Å². The number of hydrogen-bond donors (Lipinski definition) is 3. The molecule has 1 aliphatic heterocycles. The van der Waals surface area contributed by atoms with E-state index in [9.17, 15) is 9.59 Å². The molecule has 5 nitrogen and oxygen atoms in total. The molecule has 62 valence electrons. The van der Waals surface area contributed by atoms with Crippen LogP contribution in [0.25, 0.3) is 0 Å². The minimum Gasteiger partial charge on any atom is -0.354 e. The Kier molecular flexibility index (Phi) is 2.43. The molecule has 4 N–H and O–H groups in total. The van der Waals surface area contributed by atoms with E-state index < -0.39 is 6.04 Å². The highest BCUT2D eigenvalue weighted by Gasteiger charge is 2.21. The largest absolute Gasteiger partial charge is 0.354 e. The van der Waals surface area contributed by atoms with Crippen molar-refractivity contribution in [3.05, 3.63) is 0 Å². The van der Waals surface area contributed by atoms with E-state index in [2.05, 4.69) is 10.6 Å². The Morgan fingerprint density at radius 1 is 1.55 bits per heavy atom. The number of nitrogens with one attached hydrogen (secondary N) is 2. The van der Waals surface area contributed by atoms with Crippen molar-refractivity contribution in [2.24, 2.45) is 5.73 Å².